The zero-order valence-corrected chi connectivity index (χ0v) is 17.4. The van der Waals surface area contributed by atoms with E-state index in [4.69, 9.17) is 9.41 Å². The van der Waals surface area contributed by atoms with Gasteiger partial charge in [-0.15, -0.1) is 24.0 Å². The highest BCUT2D eigenvalue weighted by Gasteiger charge is 2.25. The summed E-state index contributed by atoms with van der Waals surface area (Å²) in [7, 11) is 1.90. The number of piperazine rings is 1. The van der Waals surface area contributed by atoms with Gasteiger partial charge in [0.25, 0.3) is 5.91 Å². The van der Waals surface area contributed by atoms with E-state index in [0.29, 0.717) is 25.4 Å². The molecule has 1 aliphatic rings. The molecular formula is C17H25IN6O2. The quantitative estimate of drug-likeness (QED) is 0.415. The zero-order chi connectivity index (χ0) is 17.6. The fourth-order valence-corrected chi connectivity index (χ4v) is 2.82. The molecule has 3 rings (SSSR count). The van der Waals surface area contributed by atoms with E-state index in [1.165, 1.54) is 6.26 Å². The van der Waals surface area contributed by atoms with E-state index in [2.05, 4.69) is 22.2 Å². The molecule has 0 aromatic carbocycles. The van der Waals surface area contributed by atoms with E-state index in [1.54, 1.807) is 16.8 Å². The van der Waals surface area contributed by atoms with Gasteiger partial charge in [0.05, 0.1) is 19.0 Å². The molecule has 0 unspecified atom stereocenters. The second-order valence-corrected chi connectivity index (χ2v) is 5.95. The van der Waals surface area contributed by atoms with Crippen LogP contribution in [-0.4, -0.2) is 64.2 Å². The molecule has 26 heavy (non-hydrogen) atoms. The summed E-state index contributed by atoms with van der Waals surface area (Å²) in [4.78, 5) is 21.0. The molecule has 3 heterocycles. The number of aryl methyl sites for hydroxylation is 1. The highest BCUT2D eigenvalue weighted by Crippen LogP contribution is 2.10. The molecule has 1 N–H and O–H groups in total. The van der Waals surface area contributed by atoms with Crippen LogP contribution in [0.2, 0.25) is 0 Å². The Bertz CT molecular complexity index is 719. The van der Waals surface area contributed by atoms with Crippen LogP contribution in [0.1, 0.15) is 23.0 Å². The molecule has 9 heteroatoms. The second-order valence-electron chi connectivity index (χ2n) is 5.95. The summed E-state index contributed by atoms with van der Waals surface area (Å²) < 4.78 is 6.98. The van der Waals surface area contributed by atoms with Crippen molar-refractivity contribution in [1.29, 1.82) is 0 Å². The predicted molar refractivity (Wildman–Crippen MR) is 110 cm³/mol. The standard InChI is InChI=1S/C17H24N6O2.HI/c1-3-18-17(19-11-14-12-20-21(2)13-14)23-8-6-22(7-9-23)16(24)15-5-4-10-25-15;/h4-5,10,12-13H,3,6-9,11H2,1-2H3,(H,18,19);1H. The van der Waals surface area contributed by atoms with E-state index in [-0.39, 0.29) is 29.9 Å². The van der Waals surface area contributed by atoms with Crippen LogP contribution in [0.25, 0.3) is 0 Å². The van der Waals surface area contributed by atoms with Crippen molar-refractivity contribution in [2.75, 3.05) is 32.7 Å². The van der Waals surface area contributed by atoms with Gasteiger partial charge in [0.15, 0.2) is 11.7 Å². The number of carbonyl (C=O) groups is 1. The van der Waals surface area contributed by atoms with Crippen molar-refractivity contribution in [3.63, 3.8) is 0 Å². The molecule has 0 aliphatic carbocycles. The monoisotopic (exact) mass is 472 g/mol. The molecule has 0 atom stereocenters. The number of rotatable bonds is 4. The Balaban J connectivity index is 0.00000243. The molecule has 1 saturated heterocycles. The fraction of sp³-hybridized carbons (Fsp3) is 0.471. The second kappa shape index (κ2) is 9.60. The molecule has 1 aliphatic heterocycles. The third kappa shape index (κ3) is 4.99. The van der Waals surface area contributed by atoms with Crippen LogP contribution in [0.15, 0.2) is 40.2 Å². The van der Waals surface area contributed by atoms with E-state index in [0.717, 1.165) is 31.2 Å². The molecule has 0 radical (unpaired) electrons. The summed E-state index contributed by atoms with van der Waals surface area (Å²) in [5.41, 5.74) is 1.07. The molecule has 2 aromatic heterocycles. The Morgan fingerprint density at radius 3 is 2.62 bits per heavy atom. The number of guanidine groups is 1. The highest BCUT2D eigenvalue weighted by atomic mass is 127. The third-order valence-electron chi connectivity index (χ3n) is 4.10. The molecule has 0 spiro atoms. The first kappa shape index (κ1) is 20.3. The molecule has 8 nitrogen and oxygen atoms in total. The molecular weight excluding hydrogens is 447 g/mol. The Morgan fingerprint density at radius 1 is 1.31 bits per heavy atom. The maximum absolute atomic E-state index is 12.3. The van der Waals surface area contributed by atoms with Crippen molar-refractivity contribution in [2.24, 2.45) is 12.0 Å². The first-order chi connectivity index (χ1) is 12.2. The Hall–Kier alpha value is -2.04. The lowest BCUT2D eigenvalue weighted by Gasteiger charge is -2.36. The van der Waals surface area contributed by atoms with Gasteiger partial charge < -0.3 is 19.5 Å². The van der Waals surface area contributed by atoms with Crippen LogP contribution in [0.3, 0.4) is 0 Å². The highest BCUT2D eigenvalue weighted by molar-refractivity contribution is 14.0. The SMILES string of the molecule is CCNC(=NCc1cnn(C)c1)N1CCN(C(=O)c2ccco2)CC1.I. The van der Waals surface area contributed by atoms with Crippen LogP contribution in [0.4, 0.5) is 0 Å². The smallest absolute Gasteiger partial charge is 0.289 e. The number of nitrogens with zero attached hydrogens (tertiary/aromatic N) is 5. The minimum Gasteiger partial charge on any atom is -0.459 e. The number of hydrogen-bond donors (Lipinski definition) is 1. The number of halogens is 1. The Kier molecular flexibility index (Phi) is 7.49. The fourth-order valence-electron chi connectivity index (χ4n) is 2.82. The first-order valence-electron chi connectivity index (χ1n) is 8.51. The maximum atomic E-state index is 12.3. The van der Waals surface area contributed by atoms with Gasteiger partial charge in [-0.05, 0) is 19.1 Å². The van der Waals surface area contributed by atoms with Gasteiger partial charge in [-0.3, -0.25) is 9.48 Å². The summed E-state index contributed by atoms with van der Waals surface area (Å²) >= 11 is 0. The number of aromatic nitrogens is 2. The molecule has 142 valence electrons. The Labute approximate surface area is 170 Å². The largest absolute Gasteiger partial charge is 0.459 e. The first-order valence-corrected chi connectivity index (χ1v) is 8.51. The van der Waals surface area contributed by atoms with Gasteiger partial charge in [0, 0.05) is 51.5 Å². The lowest BCUT2D eigenvalue weighted by Crippen LogP contribution is -2.53. The number of aliphatic imine (C=N–C) groups is 1. The van der Waals surface area contributed by atoms with Crippen LogP contribution in [0, 0.1) is 0 Å². The zero-order valence-electron chi connectivity index (χ0n) is 15.1. The molecule has 0 bridgehead atoms. The van der Waals surface area contributed by atoms with Crippen LogP contribution >= 0.6 is 24.0 Å². The van der Waals surface area contributed by atoms with Crippen molar-refractivity contribution in [3.8, 4) is 0 Å². The van der Waals surface area contributed by atoms with Crippen LogP contribution in [0.5, 0.6) is 0 Å². The average molecular weight is 472 g/mol. The normalized spacial score (nSPS) is 14.9. The number of nitrogens with one attached hydrogen (secondary N) is 1. The van der Waals surface area contributed by atoms with Crippen molar-refractivity contribution in [3.05, 3.63) is 42.1 Å². The summed E-state index contributed by atoms with van der Waals surface area (Å²) in [6.45, 7) is 6.22. The molecule has 2 aromatic rings. The van der Waals surface area contributed by atoms with E-state index in [9.17, 15) is 4.79 Å². The predicted octanol–water partition coefficient (Wildman–Crippen LogP) is 1.55. The minimum absolute atomic E-state index is 0. The van der Waals surface area contributed by atoms with Crippen molar-refractivity contribution >= 4 is 35.8 Å². The van der Waals surface area contributed by atoms with Gasteiger partial charge in [-0.2, -0.15) is 5.10 Å². The average Bonchev–Trinajstić information content (AvgIpc) is 3.30. The maximum Gasteiger partial charge on any atom is 0.289 e. The summed E-state index contributed by atoms with van der Waals surface area (Å²) in [6.07, 6.45) is 5.32. The molecule has 1 fully saturated rings. The van der Waals surface area contributed by atoms with E-state index >= 15 is 0 Å². The molecule has 1 amide bonds. The van der Waals surface area contributed by atoms with Crippen molar-refractivity contribution < 1.29 is 9.21 Å². The lowest BCUT2D eigenvalue weighted by atomic mass is 10.3. The number of amides is 1. The van der Waals surface area contributed by atoms with Gasteiger partial charge >= 0.3 is 0 Å². The van der Waals surface area contributed by atoms with Crippen LogP contribution < -0.4 is 5.32 Å². The van der Waals surface area contributed by atoms with E-state index in [1.807, 2.05) is 24.3 Å². The summed E-state index contributed by atoms with van der Waals surface area (Å²) in [5.74, 6) is 1.21. The van der Waals surface area contributed by atoms with Crippen molar-refractivity contribution in [2.45, 2.75) is 13.5 Å². The van der Waals surface area contributed by atoms with Gasteiger partial charge in [0.1, 0.15) is 0 Å². The summed E-state index contributed by atoms with van der Waals surface area (Å²) in [6, 6.07) is 3.44. The summed E-state index contributed by atoms with van der Waals surface area (Å²) in [5, 5.41) is 7.49. The topological polar surface area (TPSA) is 78.9 Å². The third-order valence-corrected chi connectivity index (χ3v) is 4.10. The minimum atomic E-state index is -0.0538. The van der Waals surface area contributed by atoms with Gasteiger partial charge in [-0.25, -0.2) is 4.99 Å². The number of furan rings is 1. The van der Waals surface area contributed by atoms with Crippen LogP contribution in [-0.2, 0) is 13.6 Å². The van der Waals surface area contributed by atoms with Gasteiger partial charge in [0.2, 0.25) is 0 Å². The molecule has 0 saturated carbocycles. The lowest BCUT2D eigenvalue weighted by molar-refractivity contribution is 0.0657. The van der Waals surface area contributed by atoms with E-state index < -0.39 is 0 Å². The Morgan fingerprint density at radius 2 is 2.04 bits per heavy atom. The number of hydrogen-bond acceptors (Lipinski definition) is 4. The van der Waals surface area contributed by atoms with Gasteiger partial charge in [-0.1, -0.05) is 0 Å². The van der Waals surface area contributed by atoms with Crippen molar-refractivity contribution in [1.82, 2.24) is 24.9 Å². The number of carbonyl (C=O) groups excluding carboxylic acids is 1.